The van der Waals surface area contributed by atoms with Gasteiger partial charge in [-0.3, -0.25) is 4.79 Å². The van der Waals surface area contributed by atoms with E-state index in [1.165, 1.54) is 35.2 Å². The minimum absolute atomic E-state index is 0.0754. The van der Waals surface area contributed by atoms with Crippen molar-refractivity contribution >= 4 is 23.2 Å². The van der Waals surface area contributed by atoms with E-state index >= 15 is 0 Å². The van der Waals surface area contributed by atoms with Gasteiger partial charge in [-0.05, 0) is 55.7 Å². The fourth-order valence-corrected chi connectivity index (χ4v) is 3.10. The Hall–Kier alpha value is -1.94. The van der Waals surface area contributed by atoms with E-state index in [1.807, 2.05) is 6.92 Å². The van der Waals surface area contributed by atoms with Gasteiger partial charge in [0.2, 0.25) is 0 Å². The van der Waals surface area contributed by atoms with E-state index in [9.17, 15) is 13.6 Å². The minimum Gasteiger partial charge on any atom is -0.305 e. The van der Waals surface area contributed by atoms with Crippen molar-refractivity contribution in [2.45, 2.75) is 25.8 Å². The molecule has 1 aliphatic rings. The Bertz CT molecular complexity index is 727. The Kier molecular flexibility index (Phi) is 3.87. The highest BCUT2D eigenvalue weighted by molar-refractivity contribution is 6.34. The van der Waals surface area contributed by atoms with Gasteiger partial charge >= 0.3 is 0 Å². The van der Waals surface area contributed by atoms with Crippen LogP contribution in [-0.4, -0.2) is 11.9 Å². The average Bonchev–Trinajstić information content (AvgIpc) is 2.47. The minimum atomic E-state index is -0.654. The van der Waals surface area contributed by atoms with Crippen molar-refractivity contribution in [3.8, 4) is 0 Å². The Morgan fingerprint density at radius 1 is 1.27 bits per heavy atom. The zero-order chi connectivity index (χ0) is 15.9. The Morgan fingerprint density at radius 2 is 2.05 bits per heavy atom. The van der Waals surface area contributed by atoms with Crippen LogP contribution in [0.2, 0.25) is 5.02 Å². The predicted molar refractivity (Wildman–Crippen MR) is 82.4 cm³/mol. The lowest BCUT2D eigenvalue weighted by atomic mass is 9.95. The Balaban J connectivity index is 2.10. The van der Waals surface area contributed by atoms with Crippen LogP contribution in [-0.2, 0) is 6.42 Å². The molecule has 3 rings (SSSR count). The number of nitrogens with zero attached hydrogens (tertiary/aromatic N) is 1. The van der Waals surface area contributed by atoms with E-state index in [-0.39, 0.29) is 22.4 Å². The molecule has 0 saturated carbocycles. The molecule has 114 valence electrons. The van der Waals surface area contributed by atoms with Crippen LogP contribution >= 0.6 is 11.6 Å². The first kappa shape index (κ1) is 15.0. The van der Waals surface area contributed by atoms with Crippen LogP contribution in [0.4, 0.5) is 14.5 Å². The van der Waals surface area contributed by atoms with Crippen molar-refractivity contribution in [1.82, 2.24) is 0 Å². The number of fused-ring (bicyclic) bond motifs is 1. The van der Waals surface area contributed by atoms with Crippen molar-refractivity contribution in [1.29, 1.82) is 0 Å². The number of rotatable bonds is 1. The average molecular weight is 322 g/mol. The normalized spacial score (nSPS) is 17.3. The van der Waals surface area contributed by atoms with Crippen LogP contribution in [0.1, 0.15) is 29.3 Å². The molecule has 1 aliphatic heterocycles. The zero-order valence-corrected chi connectivity index (χ0v) is 12.7. The second-order valence-electron chi connectivity index (χ2n) is 5.43. The van der Waals surface area contributed by atoms with E-state index in [4.69, 9.17) is 11.6 Å². The molecule has 0 fully saturated rings. The molecule has 0 bridgehead atoms. The van der Waals surface area contributed by atoms with Gasteiger partial charge in [-0.1, -0.05) is 17.7 Å². The van der Waals surface area contributed by atoms with Crippen LogP contribution in [0, 0.1) is 11.6 Å². The van der Waals surface area contributed by atoms with Crippen molar-refractivity contribution in [3.63, 3.8) is 0 Å². The number of hydrogen-bond acceptors (Lipinski definition) is 1. The second-order valence-corrected chi connectivity index (χ2v) is 5.84. The third-order valence-electron chi connectivity index (χ3n) is 3.97. The number of hydrogen-bond donors (Lipinski definition) is 0. The van der Waals surface area contributed by atoms with Gasteiger partial charge in [-0.25, -0.2) is 8.78 Å². The van der Waals surface area contributed by atoms with Gasteiger partial charge in [-0.2, -0.15) is 0 Å². The predicted octanol–water partition coefficient (Wildman–Crippen LogP) is 4.60. The van der Waals surface area contributed by atoms with Gasteiger partial charge in [0, 0.05) is 11.7 Å². The Morgan fingerprint density at radius 3 is 2.77 bits per heavy atom. The molecule has 0 aromatic heterocycles. The molecule has 2 nitrogen and oxygen atoms in total. The van der Waals surface area contributed by atoms with Crippen LogP contribution < -0.4 is 4.90 Å². The highest BCUT2D eigenvalue weighted by atomic mass is 35.5. The van der Waals surface area contributed by atoms with E-state index in [0.717, 1.165) is 5.56 Å². The number of carbonyl (C=O) groups excluding carboxylic acids is 1. The smallest absolute Gasteiger partial charge is 0.263 e. The summed E-state index contributed by atoms with van der Waals surface area (Å²) in [7, 11) is 0. The van der Waals surface area contributed by atoms with Crippen LogP contribution in [0.15, 0.2) is 36.4 Å². The molecule has 2 aromatic rings. The number of benzene rings is 2. The van der Waals surface area contributed by atoms with Gasteiger partial charge < -0.3 is 4.90 Å². The lowest BCUT2D eigenvalue weighted by molar-refractivity contribution is 0.0971. The third-order valence-corrected chi connectivity index (χ3v) is 4.28. The monoisotopic (exact) mass is 321 g/mol. The molecule has 1 heterocycles. The van der Waals surface area contributed by atoms with Crippen LogP contribution in [0.3, 0.4) is 0 Å². The molecule has 0 radical (unpaired) electrons. The summed E-state index contributed by atoms with van der Waals surface area (Å²) in [6.45, 7) is 1.89. The lowest BCUT2D eigenvalue weighted by Gasteiger charge is -2.35. The SMILES string of the molecule is C[C@@H]1CCc2cc(F)ccc2N1C(=O)c1c(F)cccc1Cl. The number of carbonyl (C=O) groups is 1. The number of halogens is 3. The lowest BCUT2D eigenvalue weighted by Crippen LogP contribution is -2.42. The molecule has 1 atom stereocenters. The summed E-state index contributed by atoms with van der Waals surface area (Å²) in [5, 5.41) is 0.0754. The first-order chi connectivity index (χ1) is 10.5. The molecular formula is C17H14ClF2NO. The first-order valence-corrected chi connectivity index (χ1v) is 7.43. The molecule has 0 unspecified atom stereocenters. The van der Waals surface area contributed by atoms with E-state index in [0.29, 0.717) is 18.5 Å². The highest BCUT2D eigenvalue weighted by Crippen LogP contribution is 2.34. The van der Waals surface area contributed by atoms with Gasteiger partial charge in [0.05, 0.1) is 10.6 Å². The van der Waals surface area contributed by atoms with E-state index < -0.39 is 11.7 Å². The second kappa shape index (κ2) is 5.69. The van der Waals surface area contributed by atoms with Crippen LogP contribution in [0.25, 0.3) is 0 Å². The Labute approximate surface area is 132 Å². The summed E-state index contributed by atoms with van der Waals surface area (Å²) < 4.78 is 27.4. The molecule has 22 heavy (non-hydrogen) atoms. The van der Waals surface area contributed by atoms with Gasteiger partial charge in [0.25, 0.3) is 5.91 Å². The molecule has 0 spiro atoms. The molecule has 2 aromatic carbocycles. The molecule has 0 aliphatic carbocycles. The zero-order valence-electron chi connectivity index (χ0n) is 11.9. The topological polar surface area (TPSA) is 20.3 Å². The summed E-state index contributed by atoms with van der Waals surface area (Å²) in [4.78, 5) is 14.3. The van der Waals surface area contributed by atoms with Crippen molar-refractivity contribution in [2.75, 3.05) is 4.90 Å². The third kappa shape index (κ3) is 2.48. The number of amides is 1. The van der Waals surface area contributed by atoms with Crippen molar-refractivity contribution in [2.24, 2.45) is 0 Å². The molecule has 5 heteroatoms. The highest BCUT2D eigenvalue weighted by Gasteiger charge is 2.31. The fourth-order valence-electron chi connectivity index (χ4n) is 2.85. The molecular weight excluding hydrogens is 308 g/mol. The van der Waals surface area contributed by atoms with Crippen molar-refractivity contribution < 1.29 is 13.6 Å². The van der Waals surface area contributed by atoms with Gasteiger partial charge in [0.1, 0.15) is 11.6 Å². The number of anilines is 1. The fraction of sp³-hybridized carbons (Fsp3) is 0.235. The maximum atomic E-state index is 14.0. The largest absolute Gasteiger partial charge is 0.305 e. The number of aryl methyl sites for hydroxylation is 1. The molecule has 1 amide bonds. The summed E-state index contributed by atoms with van der Waals surface area (Å²) in [5.74, 6) is -1.49. The summed E-state index contributed by atoms with van der Waals surface area (Å²) >= 11 is 6.00. The molecule has 0 N–H and O–H groups in total. The standard InChI is InChI=1S/C17H14ClF2NO/c1-10-5-6-11-9-12(19)7-8-15(11)21(10)17(22)16-13(18)3-2-4-14(16)20/h2-4,7-10H,5-6H2,1H3/t10-/m1/s1. The quantitative estimate of drug-likeness (QED) is 0.751. The van der Waals surface area contributed by atoms with Gasteiger partial charge in [-0.15, -0.1) is 0 Å². The van der Waals surface area contributed by atoms with Gasteiger partial charge in [0.15, 0.2) is 0 Å². The van der Waals surface area contributed by atoms with Crippen molar-refractivity contribution in [3.05, 3.63) is 64.2 Å². The van der Waals surface area contributed by atoms with Crippen LogP contribution in [0.5, 0.6) is 0 Å². The molecule has 0 saturated heterocycles. The first-order valence-electron chi connectivity index (χ1n) is 7.05. The summed E-state index contributed by atoms with van der Waals surface area (Å²) in [5.41, 5.74) is 1.22. The van der Waals surface area contributed by atoms with E-state index in [2.05, 4.69) is 0 Å². The maximum Gasteiger partial charge on any atom is 0.263 e. The summed E-state index contributed by atoms with van der Waals surface area (Å²) in [6.07, 6.45) is 1.37. The van der Waals surface area contributed by atoms with E-state index in [1.54, 1.807) is 6.07 Å². The summed E-state index contributed by atoms with van der Waals surface area (Å²) in [6, 6.07) is 8.33. The maximum absolute atomic E-state index is 14.0.